The quantitative estimate of drug-likeness (QED) is 0.403. The number of rotatable bonds is 5. The van der Waals surface area contributed by atoms with Crippen LogP contribution in [0, 0.1) is 0 Å². The number of hydrogen-bond acceptors (Lipinski definition) is 0. The van der Waals surface area contributed by atoms with E-state index in [-0.39, 0.29) is 12.4 Å². The summed E-state index contributed by atoms with van der Waals surface area (Å²) in [6.07, 6.45) is 0.781. The Labute approximate surface area is 189 Å². The van der Waals surface area contributed by atoms with E-state index in [9.17, 15) is 0 Å². The van der Waals surface area contributed by atoms with Crippen LogP contribution in [0.15, 0.2) is 109 Å². The average molecular weight is 458 g/mol. The Morgan fingerprint density at radius 1 is 0.483 bits per heavy atom. The fourth-order valence-electron chi connectivity index (χ4n) is 3.69. The van der Waals surface area contributed by atoms with E-state index in [1.54, 1.807) is 0 Å². The monoisotopic (exact) mass is 456 g/mol. The van der Waals surface area contributed by atoms with Gasteiger partial charge in [0.1, 0.15) is 29.3 Å². The highest BCUT2D eigenvalue weighted by Gasteiger charge is 2.46. The van der Waals surface area contributed by atoms with Gasteiger partial charge in [-0.2, -0.15) is 0 Å². The highest BCUT2D eigenvalue weighted by atomic mass is 35.5. The summed E-state index contributed by atoms with van der Waals surface area (Å²) in [6.45, 7) is 0. The largest absolute Gasteiger partial charge is 1.00 e. The van der Waals surface area contributed by atoms with E-state index in [0.717, 1.165) is 21.8 Å². The summed E-state index contributed by atoms with van der Waals surface area (Å²) < 4.78 is 0. The van der Waals surface area contributed by atoms with E-state index in [0.29, 0.717) is 0 Å². The first-order valence-electron chi connectivity index (χ1n) is 9.19. The molecule has 4 aromatic rings. The van der Waals surface area contributed by atoms with Gasteiger partial charge in [-0.3, -0.25) is 0 Å². The second kappa shape index (κ2) is 9.79. The molecular formula is C25H20Cl3P. The maximum Gasteiger partial charge on any atom is 0.116 e. The van der Waals surface area contributed by atoms with Crippen LogP contribution in [-0.4, -0.2) is 0 Å². The van der Waals surface area contributed by atoms with E-state index in [1.165, 1.54) is 15.9 Å². The summed E-state index contributed by atoms with van der Waals surface area (Å²) in [5, 5.41) is 5.41. The zero-order valence-electron chi connectivity index (χ0n) is 15.7. The maximum absolute atomic E-state index is 6.63. The molecule has 0 amide bonds. The molecule has 0 saturated heterocycles. The standard InChI is InChI=1S/C25H20Cl2P.ClH/c26-24-17-10-18-25(27)23(24)19-28(20-11-4-1-5-12-20,21-13-6-2-7-14-21)22-15-8-3-9-16-22;/h1-18H,19H2;1H/q+1;/p-1. The lowest BCUT2D eigenvalue weighted by Gasteiger charge is -2.28. The minimum atomic E-state index is -2.00. The summed E-state index contributed by atoms with van der Waals surface area (Å²) in [4.78, 5) is 0. The molecule has 0 saturated carbocycles. The SMILES string of the molecule is Clc1cccc(Cl)c1C[P+](c1ccccc1)(c1ccccc1)c1ccccc1.[Cl-]. The van der Waals surface area contributed by atoms with Crippen molar-refractivity contribution in [2.45, 2.75) is 6.16 Å². The third-order valence-corrected chi connectivity index (χ3v) is 10.1. The molecule has 0 spiro atoms. The molecule has 0 heterocycles. The fraction of sp³-hybridized carbons (Fsp3) is 0.0400. The molecule has 0 bridgehead atoms. The Kier molecular flexibility index (Phi) is 7.38. The average Bonchev–Trinajstić information content (AvgIpc) is 2.76. The molecule has 0 N–H and O–H groups in total. The van der Waals surface area contributed by atoms with Crippen LogP contribution in [0.1, 0.15) is 5.56 Å². The van der Waals surface area contributed by atoms with E-state index < -0.39 is 7.26 Å². The van der Waals surface area contributed by atoms with Gasteiger partial charge in [0.05, 0.1) is 0 Å². The van der Waals surface area contributed by atoms with Crippen LogP contribution in [0.5, 0.6) is 0 Å². The zero-order chi connectivity index (χ0) is 19.4. The van der Waals surface area contributed by atoms with Crippen molar-refractivity contribution < 1.29 is 12.4 Å². The Balaban J connectivity index is 0.00000240. The molecule has 4 rings (SSSR count). The second-order valence-electron chi connectivity index (χ2n) is 6.67. The minimum Gasteiger partial charge on any atom is -1.00 e. The Morgan fingerprint density at radius 2 is 0.828 bits per heavy atom. The Morgan fingerprint density at radius 3 is 1.17 bits per heavy atom. The molecule has 0 nitrogen and oxygen atoms in total. The lowest BCUT2D eigenvalue weighted by atomic mass is 10.2. The summed E-state index contributed by atoms with van der Waals surface area (Å²) in [5.74, 6) is 0. The van der Waals surface area contributed by atoms with Crippen LogP contribution in [0.3, 0.4) is 0 Å². The topological polar surface area (TPSA) is 0 Å². The summed E-state index contributed by atoms with van der Waals surface area (Å²) in [5.41, 5.74) is 1.01. The Hall–Kier alpha value is -1.82. The number of hydrogen-bond donors (Lipinski definition) is 0. The molecule has 29 heavy (non-hydrogen) atoms. The predicted molar refractivity (Wildman–Crippen MR) is 125 cm³/mol. The summed E-state index contributed by atoms with van der Waals surface area (Å²) >= 11 is 13.3. The van der Waals surface area contributed by atoms with Gasteiger partial charge in [-0.15, -0.1) is 0 Å². The van der Waals surface area contributed by atoms with Crippen LogP contribution in [0.25, 0.3) is 0 Å². The van der Waals surface area contributed by atoms with E-state index in [2.05, 4.69) is 91.0 Å². The third-order valence-electron chi connectivity index (χ3n) is 5.05. The third kappa shape index (κ3) is 4.37. The van der Waals surface area contributed by atoms with Gasteiger partial charge < -0.3 is 12.4 Å². The van der Waals surface area contributed by atoms with Crippen LogP contribution in [-0.2, 0) is 6.16 Å². The van der Waals surface area contributed by atoms with Gasteiger partial charge in [0.25, 0.3) is 0 Å². The number of benzene rings is 4. The van der Waals surface area contributed by atoms with Crippen molar-refractivity contribution in [1.29, 1.82) is 0 Å². The van der Waals surface area contributed by atoms with Gasteiger partial charge in [-0.1, -0.05) is 83.9 Å². The van der Waals surface area contributed by atoms with Gasteiger partial charge in [0.2, 0.25) is 0 Å². The van der Waals surface area contributed by atoms with Crippen molar-refractivity contribution in [2.75, 3.05) is 0 Å². The van der Waals surface area contributed by atoms with Gasteiger partial charge in [0.15, 0.2) is 0 Å². The summed E-state index contributed by atoms with van der Waals surface area (Å²) in [6, 6.07) is 38.1. The molecule has 0 aliphatic carbocycles. The predicted octanol–water partition coefficient (Wildman–Crippen LogP) is 3.49. The van der Waals surface area contributed by atoms with E-state index >= 15 is 0 Å². The first-order chi connectivity index (χ1) is 13.7. The molecule has 4 aromatic carbocycles. The van der Waals surface area contributed by atoms with Crippen molar-refractivity contribution in [3.8, 4) is 0 Å². The number of halogens is 3. The van der Waals surface area contributed by atoms with Crippen LogP contribution < -0.4 is 28.3 Å². The van der Waals surface area contributed by atoms with E-state index in [4.69, 9.17) is 23.2 Å². The van der Waals surface area contributed by atoms with Crippen molar-refractivity contribution >= 4 is 46.4 Å². The molecule has 0 aromatic heterocycles. The molecule has 0 atom stereocenters. The Bertz CT molecular complexity index is 934. The highest BCUT2D eigenvalue weighted by Crippen LogP contribution is 2.59. The molecular weight excluding hydrogens is 438 g/mol. The van der Waals surface area contributed by atoms with Gasteiger partial charge >= 0.3 is 0 Å². The summed E-state index contributed by atoms with van der Waals surface area (Å²) in [7, 11) is -2.00. The maximum atomic E-state index is 6.63. The molecule has 0 unspecified atom stereocenters. The first-order valence-corrected chi connectivity index (χ1v) is 11.9. The lowest BCUT2D eigenvalue weighted by Crippen LogP contribution is -3.00. The van der Waals surface area contributed by atoms with Gasteiger partial charge in [-0.25, -0.2) is 0 Å². The fourth-order valence-corrected chi connectivity index (χ4v) is 8.71. The lowest BCUT2D eigenvalue weighted by molar-refractivity contribution is -0.00000523. The van der Waals surface area contributed by atoms with E-state index in [1.807, 2.05) is 18.2 Å². The van der Waals surface area contributed by atoms with Crippen molar-refractivity contribution in [1.82, 2.24) is 0 Å². The van der Waals surface area contributed by atoms with Crippen LogP contribution in [0.2, 0.25) is 10.0 Å². The first kappa shape index (κ1) is 21.9. The smallest absolute Gasteiger partial charge is 0.116 e. The van der Waals surface area contributed by atoms with Crippen molar-refractivity contribution in [3.05, 3.63) is 125 Å². The second-order valence-corrected chi connectivity index (χ2v) is 11.0. The zero-order valence-corrected chi connectivity index (χ0v) is 18.8. The van der Waals surface area contributed by atoms with Gasteiger partial charge in [0, 0.05) is 15.6 Å². The van der Waals surface area contributed by atoms with Crippen LogP contribution in [0.4, 0.5) is 0 Å². The molecule has 0 fully saturated rings. The van der Waals surface area contributed by atoms with Crippen LogP contribution >= 0.6 is 30.5 Å². The minimum absolute atomic E-state index is 0. The molecule has 4 heteroatoms. The molecule has 0 aliphatic heterocycles. The molecule has 146 valence electrons. The normalized spacial score (nSPS) is 11.0. The van der Waals surface area contributed by atoms with Crippen molar-refractivity contribution in [3.63, 3.8) is 0 Å². The molecule has 0 radical (unpaired) electrons. The molecule has 0 aliphatic rings. The highest BCUT2D eigenvalue weighted by molar-refractivity contribution is 7.95. The van der Waals surface area contributed by atoms with Gasteiger partial charge in [-0.05, 0) is 48.5 Å². The van der Waals surface area contributed by atoms with Crippen molar-refractivity contribution in [2.24, 2.45) is 0 Å².